The Hall–Kier alpha value is -1.35. The number of carbonyl (C=O) groups excluding carboxylic acids is 1. The van der Waals surface area contributed by atoms with Crippen molar-refractivity contribution < 1.29 is 4.79 Å². The Balaban J connectivity index is 1.59. The summed E-state index contributed by atoms with van der Waals surface area (Å²) in [6.07, 6.45) is 7.28. The lowest BCUT2D eigenvalue weighted by atomic mass is 9.90. The molecule has 2 N–H and O–H groups in total. The molecule has 0 radical (unpaired) electrons. The molecular formula is C17H24N2O. The van der Waals surface area contributed by atoms with Crippen molar-refractivity contribution in [2.45, 2.75) is 38.5 Å². The van der Waals surface area contributed by atoms with E-state index in [0.29, 0.717) is 5.92 Å². The SMILES string of the molecule is O=C(NCC1CCCNC1)c1ccc2c(c1)CCCC2. The van der Waals surface area contributed by atoms with Crippen LogP contribution in [-0.2, 0) is 12.8 Å². The molecule has 0 aromatic heterocycles. The molecule has 20 heavy (non-hydrogen) atoms. The molecule has 1 aromatic rings. The fourth-order valence-electron chi connectivity index (χ4n) is 3.31. The molecule has 0 bridgehead atoms. The summed E-state index contributed by atoms with van der Waals surface area (Å²) >= 11 is 0. The van der Waals surface area contributed by atoms with E-state index in [1.54, 1.807) is 0 Å². The Bertz CT molecular complexity index is 478. The van der Waals surface area contributed by atoms with Crippen molar-refractivity contribution in [3.8, 4) is 0 Å². The van der Waals surface area contributed by atoms with Gasteiger partial charge in [0.25, 0.3) is 5.91 Å². The first kappa shape index (κ1) is 13.6. The number of hydrogen-bond donors (Lipinski definition) is 2. The first-order valence-electron chi connectivity index (χ1n) is 7.93. The van der Waals surface area contributed by atoms with Crippen molar-refractivity contribution in [2.24, 2.45) is 5.92 Å². The van der Waals surface area contributed by atoms with Crippen LogP contribution in [0.5, 0.6) is 0 Å². The molecule has 2 aliphatic rings. The van der Waals surface area contributed by atoms with Gasteiger partial charge >= 0.3 is 0 Å². The van der Waals surface area contributed by atoms with Gasteiger partial charge in [-0.1, -0.05) is 6.07 Å². The van der Waals surface area contributed by atoms with Crippen molar-refractivity contribution in [3.63, 3.8) is 0 Å². The number of carbonyl (C=O) groups is 1. The van der Waals surface area contributed by atoms with Crippen molar-refractivity contribution in [2.75, 3.05) is 19.6 Å². The molecule has 0 spiro atoms. The summed E-state index contributed by atoms with van der Waals surface area (Å²) in [7, 11) is 0. The van der Waals surface area contributed by atoms with Gasteiger partial charge in [0, 0.05) is 12.1 Å². The van der Waals surface area contributed by atoms with Crippen LogP contribution in [0.25, 0.3) is 0 Å². The van der Waals surface area contributed by atoms with E-state index < -0.39 is 0 Å². The Morgan fingerprint density at radius 2 is 2.05 bits per heavy atom. The highest BCUT2D eigenvalue weighted by Crippen LogP contribution is 2.22. The maximum absolute atomic E-state index is 12.2. The molecule has 1 aliphatic heterocycles. The summed E-state index contributed by atoms with van der Waals surface area (Å²) < 4.78 is 0. The van der Waals surface area contributed by atoms with E-state index in [1.807, 2.05) is 6.07 Å². The molecular weight excluding hydrogens is 248 g/mol. The lowest BCUT2D eigenvalue weighted by Gasteiger charge is -2.23. The Morgan fingerprint density at radius 1 is 1.20 bits per heavy atom. The largest absolute Gasteiger partial charge is 0.352 e. The number of fused-ring (bicyclic) bond motifs is 1. The number of aryl methyl sites for hydroxylation is 2. The van der Waals surface area contributed by atoms with Crippen LogP contribution >= 0.6 is 0 Å². The van der Waals surface area contributed by atoms with Crippen LogP contribution in [0.3, 0.4) is 0 Å². The van der Waals surface area contributed by atoms with Crippen LogP contribution in [0.1, 0.15) is 47.2 Å². The van der Waals surface area contributed by atoms with Gasteiger partial charge in [-0.2, -0.15) is 0 Å². The zero-order chi connectivity index (χ0) is 13.8. The third kappa shape index (κ3) is 3.21. The molecule has 3 heteroatoms. The van der Waals surface area contributed by atoms with Crippen LogP contribution in [-0.4, -0.2) is 25.5 Å². The van der Waals surface area contributed by atoms with Gasteiger partial charge in [0.05, 0.1) is 0 Å². The second kappa shape index (κ2) is 6.40. The summed E-state index contributed by atoms with van der Waals surface area (Å²) in [4.78, 5) is 12.2. The zero-order valence-corrected chi connectivity index (χ0v) is 12.1. The van der Waals surface area contributed by atoms with E-state index in [2.05, 4.69) is 22.8 Å². The molecule has 1 unspecified atom stereocenters. The molecule has 108 valence electrons. The average molecular weight is 272 g/mol. The number of piperidine rings is 1. The van der Waals surface area contributed by atoms with Crippen LogP contribution in [0.15, 0.2) is 18.2 Å². The van der Waals surface area contributed by atoms with Crippen LogP contribution in [0, 0.1) is 5.92 Å². The maximum atomic E-state index is 12.2. The third-order valence-electron chi connectivity index (χ3n) is 4.56. The summed E-state index contributed by atoms with van der Waals surface area (Å²) in [5.41, 5.74) is 3.64. The molecule has 1 saturated heterocycles. The monoisotopic (exact) mass is 272 g/mol. The number of nitrogens with one attached hydrogen (secondary N) is 2. The standard InChI is InChI=1S/C17H24N2O/c20-17(19-12-13-4-3-9-18-11-13)16-8-7-14-5-1-2-6-15(14)10-16/h7-8,10,13,18H,1-6,9,11-12H2,(H,19,20). The zero-order valence-electron chi connectivity index (χ0n) is 12.1. The van der Waals surface area contributed by atoms with Gasteiger partial charge < -0.3 is 10.6 Å². The van der Waals surface area contributed by atoms with E-state index in [4.69, 9.17) is 0 Å². The predicted octanol–water partition coefficient (Wildman–Crippen LogP) is 2.29. The van der Waals surface area contributed by atoms with Crippen molar-refractivity contribution >= 4 is 5.91 Å². The quantitative estimate of drug-likeness (QED) is 0.886. The second-order valence-corrected chi connectivity index (χ2v) is 6.11. The lowest BCUT2D eigenvalue weighted by Crippen LogP contribution is -2.38. The number of benzene rings is 1. The number of amides is 1. The van der Waals surface area contributed by atoms with E-state index >= 15 is 0 Å². The molecule has 1 aromatic carbocycles. The van der Waals surface area contributed by atoms with Gasteiger partial charge in [-0.15, -0.1) is 0 Å². The first-order chi connectivity index (χ1) is 9.83. The normalized spacial score (nSPS) is 22.1. The first-order valence-corrected chi connectivity index (χ1v) is 7.93. The van der Waals surface area contributed by atoms with Gasteiger partial charge in [0.1, 0.15) is 0 Å². The van der Waals surface area contributed by atoms with Crippen molar-refractivity contribution in [3.05, 3.63) is 34.9 Å². The smallest absolute Gasteiger partial charge is 0.251 e. The highest BCUT2D eigenvalue weighted by molar-refractivity contribution is 5.94. The molecule has 1 fully saturated rings. The predicted molar refractivity (Wildman–Crippen MR) is 81.0 cm³/mol. The third-order valence-corrected chi connectivity index (χ3v) is 4.56. The summed E-state index contributed by atoms with van der Waals surface area (Å²) in [6, 6.07) is 6.23. The Morgan fingerprint density at radius 3 is 2.85 bits per heavy atom. The Labute approximate surface area is 121 Å². The molecule has 1 heterocycles. The summed E-state index contributed by atoms with van der Waals surface area (Å²) in [5.74, 6) is 0.675. The van der Waals surface area contributed by atoms with Gasteiger partial charge in [0.2, 0.25) is 0 Å². The fraction of sp³-hybridized carbons (Fsp3) is 0.588. The van der Waals surface area contributed by atoms with Gasteiger partial charge in [-0.05, 0) is 80.8 Å². The Kier molecular flexibility index (Phi) is 4.36. The van der Waals surface area contributed by atoms with Crippen LogP contribution in [0.4, 0.5) is 0 Å². The molecule has 3 nitrogen and oxygen atoms in total. The second-order valence-electron chi connectivity index (χ2n) is 6.11. The summed E-state index contributed by atoms with van der Waals surface area (Å²) in [5, 5.41) is 6.48. The topological polar surface area (TPSA) is 41.1 Å². The molecule has 1 aliphatic carbocycles. The maximum Gasteiger partial charge on any atom is 0.251 e. The molecule has 3 rings (SSSR count). The highest BCUT2D eigenvalue weighted by atomic mass is 16.1. The number of hydrogen-bond acceptors (Lipinski definition) is 2. The van der Waals surface area contributed by atoms with Crippen LogP contribution in [0.2, 0.25) is 0 Å². The van der Waals surface area contributed by atoms with E-state index in [0.717, 1.165) is 31.6 Å². The van der Waals surface area contributed by atoms with Gasteiger partial charge in [-0.3, -0.25) is 4.79 Å². The van der Waals surface area contributed by atoms with Crippen LogP contribution < -0.4 is 10.6 Å². The molecule has 1 amide bonds. The van der Waals surface area contributed by atoms with Crippen molar-refractivity contribution in [1.29, 1.82) is 0 Å². The molecule has 1 atom stereocenters. The number of rotatable bonds is 3. The minimum atomic E-state index is 0.0870. The lowest BCUT2D eigenvalue weighted by molar-refractivity contribution is 0.0944. The average Bonchev–Trinajstić information content (AvgIpc) is 2.53. The fourth-order valence-corrected chi connectivity index (χ4v) is 3.31. The van der Waals surface area contributed by atoms with E-state index in [-0.39, 0.29) is 5.91 Å². The van der Waals surface area contributed by atoms with Gasteiger partial charge in [-0.25, -0.2) is 0 Å². The summed E-state index contributed by atoms with van der Waals surface area (Å²) in [6.45, 7) is 2.95. The molecule has 0 saturated carbocycles. The van der Waals surface area contributed by atoms with E-state index in [1.165, 1.54) is 43.2 Å². The van der Waals surface area contributed by atoms with E-state index in [9.17, 15) is 4.79 Å². The highest BCUT2D eigenvalue weighted by Gasteiger charge is 2.16. The minimum absolute atomic E-state index is 0.0870. The van der Waals surface area contributed by atoms with Crippen molar-refractivity contribution in [1.82, 2.24) is 10.6 Å². The van der Waals surface area contributed by atoms with Gasteiger partial charge in [0.15, 0.2) is 0 Å². The minimum Gasteiger partial charge on any atom is -0.352 e.